The van der Waals surface area contributed by atoms with Crippen LogP contribution >= 0.6 is 0 Å². The molecule has 6 rings (SSSR count). The Bertz CT molecular complexity index is 2010. The Labute approximate surface area is 269 Å². The van der Waals surface area contributed by atoms with Gasteiger partial charge in [-0.1, -0.05) is 43.5 Å². The fourth-order valence-corrected chi connectivity index (χ4v) is 5.98. The van der Waals surface area contributed by atoms with E-state index in [0.29, 0.717) is 28.3 Å². The van der Waals surface area contributed by atoms with Crippen molar-refractivity contribution in [1.82, 2.24) is 9.55 Å². The number of hydrogen-bond donors (Lipinski definition) is 3. The van der Waals surface area contributed by atoms with Crippen molar-refractivity contribution >= 4 is 45.9 Å². The van der Waals surface area contributed by atoms with Crippen LogP contribution in [0.25, 0.3) is 22.4 Å². The number of carboxylic acid groups (broad SMARTS) is 1. The van der Waals surface area contributed by atoms with Gasteiger partial charge in [-0.25, -0.2) is 9.78 Å². The number of aromatic nitrogens is 2. The van der Waals surface area contributed by atoms with Crippen molar-refractivity contribution in [2.24, 2.45) is 0 Å². The maximum atomic E-state index is 13.3. The number of ether oxygens (including phenoxy) is 1. The Morgan fingerprint density at radius 1 is 0.851 bits per heavy atom. The number of carbonyl (C=O) groups is 3. The Morgan fingerprint density at radius 2 is 1.47 bits per heavy atom. The summed E-state index contributed by atoms with van der Waals surface area (Å²) in [6.45, 7) is 0. The first-order valence-electron chi connectivity index (χ1n) is 15.1. The molecular formula is C35H31N5O7. The number of methoxy groups -OCH3 is 1. The van der Waals surface area contributed by atoms with Gasteiger partial charge in [-0.3, -0.25) is 19.7 Å². The predicted octanol–water partition coefficient (Wildman–Crippen LogP) is 7.33. The Balaban J connectivity index is 1.23. The zero-order valence-electron chi connectivity index (χ0n) is 25.4. The van der Waals surface area contributed by atoms with Crippen molar-refractivity contribution in [3.8, 4) is 17.1 Å². The van der Waals surface area contributed by atoms with Crippen LogP contribution in [-0.2, 0) is 0 Å². The number of carboxylic acids is 1. The number of anilines is 2. The number of imidazole rings is 1. The highest BCUT2D eigenvalue weighted by Crippen LogP contribution is 2.36. The molecule has 1 fully saturated rings. The molecule has 1 saturated carbocycles. The molecule has 0 atom stereocenters. The van der Waals surface area contributed by atoms with Gasteiger partial charge < -0.3 is 25.0 Å². The molecule has 1 aliphatic rings. The second-order valence-corrected chi connectivity index (χ2v) is 11.3. The van der Waals surface area contributed by atoms with Crippen LogP contribution in [0.15, 0.2) is 84.9 Å². The molecule has 0 radical (unpaired) electrons. The lowest BCUT2D eigenvalue weighted by Gasteiger charge is -2.25. The molecule has 47 heavy (non-hydrogen) atoms. The van der Waals surface area contributed by atoms with Gasteiger partial charge in [0, 0.05) is 28.8 Å². The summed E-state index contributed by atoms with van der Waals surface area (Å²) < 4.78 is 7.21. The number of hydrogen-bond acceptors (Lipinski definition) is 7. The van der Waals surface area contributed by atoms with E-state index >= 15 is 0 Å². The molecule has 2 amide bonds. The van der Waals surface area contributed by atoms with Crippen LogP contribution in [0.2, 0.25) is 0 Å². The maximum absolute atomic E-state index is 13.3. The summed E-state index contributed by atoms with van der Waals surface area (Å²) in [4.78, 5) is 53.6. The molecular weight excluding hydrogens is 602 g/mol. The number of nitrogens with zero attached hydrogens (tertiary/aromatic N) is 3. The standard InChI is InChI=1S/C35H31N5O7/c1-47-31-18-16-23(20-30(31)40(45)46)34(42)38-27-10-6-5-9-26(27)37-33(41)22-13-11-21(12-14-22)32-36-28-19-24(35(43)44)15-17-29(28)39(32)25-7-3-2-4-8-25/h5-6,9-20,25H,2-4,7-8H2,1H3,(H,37,41)(H,38,42)(H,43,44). The van der Waals surface area contributed by atoms with Crippen molar-refractivity contribution in [2.45, 2.75) is 38.1 Å². The van der Waals surface area contributed by atoms with Crippen molar-refractivity contribution in [1.29, 1.82) is 0 Å². The first kappa shape index (κ1) is 31.0. The van der Waals surface area contributed by atoms with E-state index in [2.05, 4.69) is 15.2 Å². The summed E-state index contributed by atoms with van der Waals surface area (Å²) in [5.74, 6) is -1.28. The van der Waals surface area contributed by atoms with Crippen molar-refractivity contribution < 1.29 is 29.2 Å². The average molecular weight is 634 g/mol. The van der Waals surface area contributed by atoms with E-state index in [9.17, 15) is 29.6 Å². The number of nitro groups is 1. The van der Waals surface area contributed by atoms with E-state index < -0.39 is 22.7 Å². The Morgan fingerprint density at radius 3 is 2.09 bits per heavy atom. The third-order valence-corrected chi connectivity index (χ3v) is 8.34. The van der Waals surface area contributed by atoms with Crippen LogP contribution in [-0.4, -0.2) is 44.5 Å². The summed E-state index contributed by atoms with van der Waals surface area (Å²) in [6, 6.07) is 22.8. The maximum Gasteiger partial charge on any atom is 0.335 e. The van der Waals surface area contributed by atoms with E-state index in [0.717, 1.165) is 42.8 Å². The first-order chi connectivity index (χ1) is 22.7. The van der Waals surface area contributed by atoms with Crippen LogP contribution < -0.4 is 15.4 Å². The third-order valence-electron chi connectivity index (χ3n) is 8.34. The van der Waals surface area contributed by atoms with Gasteiger partial charge in [-0.2, -0.15) is 0 Å². The lowest BCUT2D eigenvalue weighted by molar-refractivity contribution is -0.385. The van der Waals surface area contributed by atoms with Crippen LogP contribution in [0.4, 0.5) is 17.1 Å². The molecule has 5 aromatic rings. The smallest absolute Gasteiger partial charge is 0.335 e. The lowest BCUT2D eigenvalue weighted by Crippen LogP contribution is -2.17. The van der Waals surface area contributed by atoms with Gasteiger partial charge in [0.25, 0.3) is 11.8 Å². The largest absolute Gasteiger partial charge is 0.490 e. The van der Waals surface area contributed by atoms with Gasteiger partial charge in [0.05, 0.1) is 40.0 Å². The van der Waals surface area contributed by atoms with E-state index in [-0.39, 0.29) is 28.6 Å². The van der Waals surface area contributed by atoms with Crippen LogP contribution in [0, 0.1) is 10.1 Å². The van der Waals surface area contributed by atoms with Crippen molar-refractivity contribution in [3.63, 3.8) is 0 Å². The average Bonchev–Trinajstić information content (AvgIpc) is 3.48. The van der Waals surface area contributed by atoms with Gasteiger partial charge in [-0.15, -0.1) is 0 Å². The molecule has 12 heteroatoms. The molecule has 3 N–H and O–H groups in total. The number of rotatable bonds is 9. The van der Waals surface area contributed by atoms with E-state index in [1.54, 1.807) is 48.5 Å². The molecule has 0 aliphatic heterocycles. The fourth-order valence-electron chi connectivity index (χ4n) is 5.98. The van der Waals surface area contributed by atoms with Crippen LogP contribution in [0.3, 0.4) is 0 Å². The molecule has 238 valence electrons. The van der Waals surface area contributed by atoms with Gasteiger partial charge in [0.2, 0.25) is 0 Å². The molecule has 4 aromatic carbocycles. The number of fused-ring (bicyclic) bond motifs is 1. The Kier molecular flexibility index (Phi) is 8.65. The quantitative estimate of drug-likeness (QED) is 0.112. The summed E-state index contributed by atoms with van der Waals surface area (Å²) in [7, 11) is 1.31. The fraction of sp³-hybridized carbons (Fsp3) is 0.200. The first-order valence-corrected chi connectivity index (χ1v) is 15.1. The zero-order valence-corrected chi connectivity index (χ0v) is 25.4. The third kappa shape index (κ3) is 6.39. The highest BCUT2D eigenvalue weighted by molar-refractivity contribution is 6.10. The minimum Gasteiger partial charge on any atom is -0.490 e. The van der Waals surface area contributed by atoms with Gasteiger partial charge in [0.15, 0.2) is 5.75 Å². The number of nitrogens with one attached hydrogen (secondary N) is 2. The minimum atomic E-state index is -1.01. The molecule has 0 bridgehead atoms. The van der Waals surface area contributed by atoms with Crippen molar-refractivity contribution in [3.05, 3.63) is 112 Å². The number of benzene rings is 4. The van der Waals surface area contributed by atoms with E-state index in [4.69, 9.17) is 9.72 Å². The predicted molar refractivity (Wildman–Crippen MR) is 176 cm³/mol. The second-order valence-electron chi connectivity index (χ2n) is 11.3. The zero-order chi connectivity index (χ0) is 33.1. The van der Waals surface area contributed by atoms with Crippen LogP contribution in [0.1, 0.15) is 69.2 Å². The SMILES string of the molecule is COc1ccc(C(=O)Nc2ccccc2NC(=O)c2ccc(-c3nc4cc(C(=O)O)ccc4n3C3CCCCC3)cc2)cc1[N+](=O)[O-]. The normalized spacial score (nSPS) is 13.2. The highest BCUT2D eigenvalue weighted by atomic mass is 16.6. The molecule has 0 spiro atoms. The van der Waals surface area contributed by atoms with Gasteiger partial charge >= 0.3 is 11.7 Å². The monoisotopic (exact) mass is 633 g/mol. The van der Waals surface area contributed by atoms with Gasteiger partial charge in [0.1, 0.15) is 5.82 Å². The number of carbonyl (C=O) groups excluding carboxylic acids is 2. The molecule has 1 heterocycles. The van der Waals surface area contributed by atoms with E-state index in [1.165, 1.54) is 25.7 Å². The molecule has 0 unspecified atom stereocenters. The number of para-hydroxylation sites is 2. The van der Waals surface area contributed by atoms with Gasteiger partial charge in [-0.05, 0) is 67.4 Å². The number of nitro benzene ring substituents is 1. The summed E-state index contributed by atoms with van der Waals surface area (Å²) in [5, 5.41) is 26.5. The van der Waals surface area contributed by atoms with E-state index in [1.807, 2.05) is 18.2 Å². The molecule has 1 aliphatic carbocycles. The molecule has 1 aromatic heterocycles. The molecule has 12 nitrogen and oxygen atoms in total. The summed E-state index contributed by atoms with van der Waals surface area (Å²) in [6.07, 6.45) is 5.41. The summed E-state index contributed by atoms with van der Waals surface area (Å²) >= 11 is 0. The lowest BCUT2D eigenvalue weighted by atomic mass is 9.94. The summed E-state index contributed by atoms with van der Waals surface area (Å²) in [5.41, 5.74) is 3.17. The minimum absolute atomic E-state index is 0.0313. The number of aromatic carboxylic acids is 1. The second kappa shape index (κ2) is 13.1. The van der Waals surface area contributed by atoms with Crippen LogP contribution in [0.5, 0.6) is 5.75 Å². The highest BCUT2D eigenvalue weighted by Gasteiger charge is 2.24. The molecule has 0 saturated heterocycles. The topological polar surface area (TPSA) is 166 Å². The van der Waals surface area contributed by atoms with Crippen molar-refractivity contribution in [2.75, 3.05) is 17.7 Å². The Hall–Kier alpha value is -6.04. The number of amides is 2.